The highest BCUT2D eigenvalue weighted by Crippen LogP contribution is 2.32. The van der Waals surface area contributed by atoms with Gasteiger partial charge in [-0.2, -0.15) is 0 Å². The second-order valence-corrected chi connectivity index (χ2v) is 4.14. The Balaban J connectivity index is 2.61. The van der Waals surface area contributed by atoms with E-state index in [1.807, 2.05) is 0 Å². The quantitative estimate of drug-likeness (QED) is 0.601. The minimum absolute atomic E-state index is 0.815. The van der Waals surface area contributed by atoms with E-state index >= 15 is 0 Å². The van der Waals surface area contributed by atoms with Crippen LogP contribution in [0.4, 0.5) is 0 Å². The fourth-order valence-corrected chi connectivity index (χ4v) is 2.33. The summed E-state index contributed by atoms with van der Waals surface area (Å²) in [5.41, 5.74) is 1.59. The van der Waals surface area contributed by atoms with Crippen molar-refractivity contribution in [2.24, 2.45) is 11.8 Å². The summed E-state index contributed by atoms with van der Waals surface area (Å²) in [5.74, 6) is 1.64. The van der Waals surface area contributed by atoms with Crippen LogP contribution in [0.1, 0.15) is 46.5 Å². The lowest BCUT2D eigenvalue weighted by molar-refractivity contribution is 0.390. The molecule has 13 heavy (non-hydrogen) atoms. The van der Waals surface area contributed by atoms with Crippen molar-refractivity contribution in [1.29, 1.82) is 0 Å². The predicted molar refractivity (Wildman–Crippen MR) is 59.7 cm³/mol. The summed E-state index contributed by atoms with van der Waals surface area (Å²) in [6.07, 6.45) is 12.3. The highest BCUT2D eigenvalue weighted by Gasteiger charge is 2.20. The van der Waals surface area contributed by atoms with Crippen molar-refractivity contribution in [2.75, 3.05) is 0 Å². The highest BCUT2D eigenvalue weighted by atomic mass is 14.3. The molecule has 0 N–H and O–H groups in total. The van der Waals surface area contributed by atoms with Crippen LogP contribution in [0.15, 0.2) is 23.8 Å². The molecule has 0 fully saturated rings. The molecule has 0 saturated carbocycles. The lowest BCUT2D eigenvalue weighted by atomic mass is 9.78. The van der Waals surface area contributed by atoms with Crippen molar-refractivity contribution >= 4 is 0 Å². The first-order valence-electron chi connectivity index (χ1n) is 5.64. The van der Waals surface area contributed by atoms with Gasteiger partial charge in [0.25, 0.3) is 0 Å². The standard InChI is InChI=1S/C13H22/c1-4-7-12-10-6-9-11(3)13(12)8-5-2/h6,9-10,12-13H,4-5,7-8H2,1-3H3. The second-order valence-electron chi connectivity index (χ2n) is 4.14. The molecule has 1 rings (SSSR count). The van der Waals surface area contributed by atoms with E-state index in [0.717, 1.165) is 11.8 Å². The Morgan fingerprint density at radius 3 is 2.46 bits per heavy atom. The molecular formula is C13H22. The summed E-state index contributed by atoms with van der Waals surface area (Å²) in [7, 11) is 0. The first kappa shape index (κ1) is 10.6. The molecule has 1 aliphatic rings. The van der Waals surface area contributed by atoms with Gasteiger partial charge >= 0.3 is 0 Å². The molecule has 0 aliphatic heterocycles. The minimum Gasteiger partial charge on any atom is -0.0808 e. The summed E-state index contributed by atoms with van der Waals surface area (Å²) < 4.78 is 0. The Morgan fingerprint density at radius 1 is 1.15 bits per heavy atom. The van der Waals surface area contributed by atoms with Gasteiger partial charge in [0.15, 0.2) is 0 Å². The van der Waals surface area contributed by atoms with Gasteiger partial charge in [0.2, 0.25) is 0 Å². The summed E-state index contributed by atoms with van der Waals surface area (Å²) in [4.78, 5) is 0. The van der Waals surface area contributed by atoms with Crippen LogP contribution in [0.25, 0.3) is 0 Å². The molecule has 0 aromatic carbocycles. The fourth-order valence-electron chi connectivity index (χ4n) is 2.33. The van der Waals surface area contributed by atoms with Gasteiger partial charge in [-0.05, 0) is 31.6 Å². The summed E-state index contributed by atoms with van der Waals surface area (Å²) in [6, 6.07) is 0. The SMILES string of the molecule is CCCC1C=CC=C(C)C1CCC. The largest absolute Gasteiger partial charge is 0.0808 e. The normalized spacial score (nSPS) is 27.5. The van der Waals surface area contributed by atoms with Crippen LogP contribution in [-0.4, -0.2) is 0 Å². The maximum absolute atomic E-state index is 2.40. The van der Waals surface area contributed by atoms with Crippen LogP contribution in [0.5, 0.6) is 0 Å². The maximum atomic E-state index is 2.40. The first-order chi connectivity index (χ1) is 6.29. The Kier molecular flexibility index (Phi) is 4.27. The molecule has 0 aromatic heterocycles. The lowest BCUT2D eigenvalue weighted by Gasteiger charge is -2.27. The van der Waals surface area contributed by atoms with Gasteiger partial charge < -0.3 is 0 Å². The van der Waals surface area contributed by atoms with Crippen LogP contribution >= 0.6 is 0 Å². The van der Waals surface area contributed by atoms with E-state index in [9.17, 15) is 0 Å². The number of hydrogen-bond donors (Lipinski definition) is 0. The molecule has 0 heterocycles. The van der Waals surface area contributed by atoms with Gasteiger partial charge in [-0.3, -0.25) is 0 Å². The third-order valence-corrected chi connectivity index (χ3v) is 3.04. The van der Waals surface area contributed by atoms with Crippen LogP contribution < -0.4 is 0 Å². The Hall–Kier alpha value is -0.520. The number of rotatable bonds is 4. The Labute approximate surface area is 82.7 Å². The molecule has 0 amide bonds. The molecule has 74 valence electrons. The molecule has 0 saturated heterocycles. The zero-order chi connectivity index (χ0) is 9.68. The molecule has 0 spiro atoms. The van der Waals surface area contributed by atoms with Crippen molar-refractivity contribution in [1.82, 2.24) is 0 Å². The Morgan fingerprint density at radius 2 is 1.85 bits per heavy atom. The number of allylic oxidation sites excluding steroid dienone is 4. The van der Waals surface area contributed by atoms with Crippen molar-refractivity contribution in [2.45, 2.75) is 46.5 Å². The fraction of sp³-hybridized carbons (Fsp3) is 0.692. The van der Waals surface area contributed by atoms with Crippen molar-refractivity contribution < 1.29 is 0 Å². The molecule has 0 nitrogen and oxygen atoms in total. The average Bonchev–Trinajstić information content (AvgIpc) is 2.11. The zero-order valence-electron chi connectivity index (χ0n) is 9.22. The van der Waals surface area contributed by atoms with Crippen LogP contribution in [0, 0.1) is 11.8 Å². The predicted octanol–water partition coefficient (Wildman–Crippen LogP) is 4.34. The third-order valence-electron chi connectivity index (χ3n) is 3.04. The second kappa shape index (κ2) is 5.26. The van der Waals surface area contributed by atoms with Crippen molar-refractivity contribution in [3.63, 3.8) is 0 Å². The molecule has 0 heteroatoms. The van der Waals surface area contributed by atoms with E-state index in [4.69, 9.17) is 0 Å². The van der Waals surface area contributed by atoms with Crippen LogP contribution in [-0.2, 0) is 0 Å². The molecule has 2 atom stereocenters. The summed E-state index contributed by atoms with van der Waals surface area (Å²) >= 11 is 0. The summed E-state index contributed by atoms with van der Waals surface area (Å²) in [5, 5.41) is 0. The van der Waals surface area contributed by atoms with E-state index in [1.54, 1.807) is 5.57 Å². The van der Waals surface area contributed by atoms with Gasteiger partial charge in [0.05, 0.1) is 0 Å². The lowest BCUT2D eigenvalue weighted by Crippen LogP contribution is -2.16. The van der Waals surface area contributed by atoms with Gasteiger partial charge in [0, 0.05) is 0 Å². The van der Waals surface area contributed by atoms with E-state index in [0.29, 0.717) is 0 Å². The topological polar surface area (TPSA) is 0 Å². The van der Waals surface area contributed by atoms with Crippen molar-refractivity contribution in [3.05, 3.63) is 23.8 Å². The highest BCUT2D eigenvalue weighted by molar-refractivity contribution is 5.21. The smallest absolute Gasteiger partial charge is 0.0140 e. The number of hydrogen-bond acceptors (Lipinski definition) is 0. The Bertz CT molecular complexity index is 198. The molecular weight excluding hydrogens is 156 g/mol. The molecule has 1 aliphatic carbocycles. The van der Waals surface area contributed by atoms with Crippen LogP contribution in [0.2, 0.25) is 0 Å². The van der Waals surface area contributed by atoms with E-state index in [2.05, 4.69) is 39.0 Å². The summed E-state index contributed by atoms with van der Waals surface area (Å²) in [6.45, 7) is 6.85. The van der Waals surface area contributed by atoms with Crippen LogP contribution in [0.3, 0.4) is 0 Å². The van der Waals surface area contributed by atoms with Crippen molar-refractivity contribution in [3.8, 4) is 0 Å². The average molecular weight is 178 g/mol. The van der Waals surface area contributed by atoms with Gasteiger partial charge in [-0.1, -0.05) is 50.5 Å². The minimum atomic E-state index is 0.815. The van der Waals surface area contributed by atoms with Gasteiger partial charge in [0.1, 0.15) is 0 Å². The molecule has 0 radical (unpaired) electrons. The third kappa shape index (κ3) is 2.72. The van der Waals surface area contributed by atoms with E-state index in [1.165, 1.54) is 25.7 Å². The van der Waals surface area contributed by atoms with Gasteiger partial charge in [-0.25, -0.2) is 0 Å². The monoisotopic (exact) mass is 178 g/mol. The maximum Gasteiger partial charge on any atom is -0.0140 e. The first-order valence-corrected chi connectivity index (χ1v) is 5.64. The molecule has 0 bridgehead atoms. The van der Waals surface area contributed by atoms with E-state index in [-0.39, 0.29) is 0 Å². The molecule has 2 unspecified atom stereocenters. The zero-order valence-corrected chi connectivity index (χ0v) is 9.22. The van der Waals surface area contributed by atoms with E-state index < -0.39 is 0 Å². The van der Waals surface area contributed by atoms with Gasteiger partial charge in [-0.15, -0.1) is 0 Å². The molecule has 0 aromatic rings.